The number of nitriles is 1. The van der Waals surface area contributed by atoms with Gasteiger partial charge in [-0.05, 0) is 18.2 Å². The van der Waals surface area contributed by atoms with Crippen LogP contribution in [0.5, 0.6) is 0 Å². The molecule has 0 bridgehead atoms. The van der Waals surface area contributed by atoms with E-state index in [9.17, 15) is 8.42 Å². The Morgan fingerprint density at radius 2 is 2.21 bits per heavy atom. The lowest BCUT2D eigenvalue weighted by Gasteiger charge is -2.11. The highest BCUT2D eigenvalue weighted by molar-refractivity contribution is 7.90. The highest BCUT2D eigenvalue weighted by Gasteiger charge is 2.20. The zero-order chi connectivity index (χ0) is 10.2. The van der Waals surface area contributed by atoms with Gasteiger partial charge in [-0.2, -0.15) is 13.7 Å². The molecule has 0 aliphatic carbocycles. The lowest BCUT2D eigenvalue weighted by atomic mass is 10.2. The molecule has 6 heteroatoms. The maximum Gasteiger partial charge on any atom is 0.285 e. The second-order valence-corrected chi connectivity index (χ2v) is 4.28. The van der Waals surface area contributed by atoms with E-state index in [4.69, 9.17) is 5.26 Å². The SMILES string of the molecule is N#Cc1ccc2c(c1)S(=O)(=O)N=CN2. The summed E-state index contributed by atoms with van der Waals surface area (Å²) in [7, 11) is -3.62. The molecule has 0 saturated carbocycles. The fourth-order valence-corrected chi connectivity index (χ4v) is 2.13. The Bertz CT molecular complexity index is 554. The maximum absolute atomic E-state index is 11.4. The van der Waals surface area contributed by atoms with Crippen LogP contribution in [-0.4, -0.2) is 14.8 Å². The second kappa shape index (κ2) is 2.82. The summed E-state index contributed by atoms with van der Waals surface area (Å²) >= 11 is 0. The third kappa shape index (κ3) is 1.24. The molecule has 1 aliphatic rings. The molecule has 1 N–H and O–H groups in total. The lowest BCUT2D eigenvalue weighted by Crippen LogP contribution is -2.11. The van der Waals surface area contributed by atoms with Crippen molar-refractivity contribution in [2.24, 2.45) is 4.40 Å². The van der Waals surface area contributed by atoms with E-state index in [0.29, 0.717) is 11.3 Å². The number of sulfonamides is 1. The van der Waals surface area contributed by atoms with Crippen molar-refractivity contribution in [2.75, 3.05) is 5.32 Å². The van der Waals surface area contributed by atoms with E-state index in [2.05, 4.69) is 9.71 Å². The molecule has 14 heavy (non-hydrogen) atoms. The van der Waals surface area contributed by atoms with Gasteiger partial charge >= 0.3 is 0 Å². The summed E-state index contributed by atoms with van der Waals surface area (Å²) in [4.78, 5) is 0.0408. The Morgan fingerprint density at radius 3 is 2.93 bits per heavy atom. The van der Waals surface area contributed by atoms with E-state index in [1.807, 2.05) is 6.07 Å². The molecule has 0 fully saturated rings. The van der Waals surface area contributed by atoms with Crippen molar-refractivity contribution in [3.8, 4) is 6.07 Å². The summed E-state index contributed by atoms with van der Waals surface area (Å²) in [5.74, 6) is 0. The van der Waals surface area contributed by atoms with Gasteiger partial charge in [0.15, 0.2) is 0 Å². The third-order valence-corrected chi connectivity index (χ3v) is 3.08. The molecule has 1 aromatic carbocycles. The van der Waals surface area contributed by atoms with E-state index < -0.39 is 10.0 Å². The Kier molecular flexibility index (Phi) is 1.75. The average Bonchev–Trinajstić information content (AvgIpc) is 2.17. The van der Waals surface area contributed by atoms with E-state index in [1.165, 1.54) is 12.1 Å². The number of benzene rings is 1. The average molecular weight is 207 g/mol. The first-order valence-corrected chi connectivity index (χ1v) is 5.17. The Morgan fingerprint density at radius 1 is 1.43 bits per heavy atom. The normalized spacial score (nSPS) is 16.5. The van der Waals surface area contributed by atoms with Gasteiger partial charge in [-0.25, -0.2) is 0 Å². The molecule has 0 amide bonds. The van der Waals surface area contributed by atoms with Gasteiger partial charge in [0.2, 0.25) is 0 Å². The van der Waals surface area contributed by atoms with Crippen LogP contribution < -0.4 is 5.32 Å². The van der Waals surface area contributed by atoms with Crippen LogP contribution in [0.2, 0.25) is 0 Å². The molecule has 0 atom stereocenters. The minimum atomic E-state index is -3.62. The molecule has 2 rings (SSSR count). The Labute approximate surface area is 80.8 Å². The fourth-order valence-electron chi connectivity index (χ4n) is 1.15. The molecule has 0 spiro atoms. The summed E-state index contributed by atoms with van der Waals surface area (Å²) in [5.41, 5.74) is 0.741. The van der Waals surface area contributed by atoms with Crippen molar-refractivity contribution in [1.29, 1.82) is 5.26 Å². The molecule has 0 aromatic heterocycles. The van der Waals surface area contributed by atoms with Crippen LogP contribution in [0, 0.1) is 11.3 Å². The van der Waals surface area contributed by atoms with Crippen molar-refractivity contribution >= 4 is 22.0 Å². The molecule has 5 nitrogen and oxygen atoms in total. The van der Waals surface area contributed by atoms with Gasteiger partial charge < -0.3 is 5.32 Å². The van der Waals surface area contributed by atoms with Crippen LogP contribution in [0.15, 0.2) is 27.5 Å². The van der Waals surface area contributed by atoms with Gasteiger partial charge in [0.05, 0.1) is 17.3 Å². The molecule has 1 aromatic rings. The first-order chi connectivity index (χ1) is 6.63. The zero-order valence-electron chi connectivity index (χ0n) is 6.93. The highest BCUT2D eigenvalue weighted by Crippen LogP contribution is 2.26. The molecule has 70 valence electrons. The minimum Gasteiger partial charge on any atom is -0.345 e. The van der Waals surface area contributed by atoms with Crippen molar-refractivity contribution in [1.82, 2.24) is 0 Å². The lowest BCUT2D eigenvalue weighted by molar-refractivity contribution is 0.598. The van der Waals surface area contributed by atoms with Crippen LogP contribution in [0.25, 0.3) is 0 Å². The minimum absolute atomic E-state index is 0.0408. The summed E-state index contributed by atoms with van der Waals surface area (Å²) < 4.78 is 26.1. The standard InChI is InChI=1S/C8H5N3O2S/c9-4-6-1-2-7-8(3-6)14(12,13)11-5-10-7/h1-3,5H,(H,10,11). The number of nitrogens with zero attached hydrogens (tertiary/aromatic N) is 2. The summed E-state index contributed by atoms with van der Waals surface area (Å²) in [5, 5.41) is 11.3. The maximum atomic E-state index is 11.4. The van der Waals surface area contributed by atoms with E-state index in [0.717, 1.165) is 6.34 Å². The van der Waals surface area contributed by atoms with Crippen LogP contribution in [0.1, 0.15) is 5.56 Å². The second-order valence-electron chi connectivity index (χ2n) is 2.68. The van der Waals surface area contributed by atoms with Gasteiger partial charge in [-0.3, -0.25) is 0 Å². The van der Waals surface area contributed by atoms with Crippen LogP contribution in [0.3, 0.4) is 0 Å². The smallest absolute Gasteiger partial charge is 0.285 e. The monoisotopic (exact) mass is 207 g/mol. The molecule has 1 heterocycles. The first kappa shape index (κ1) is 8.72. The van der Waals surface area contributed by atoms with Gasteiger partial charge in [0.1, 0.15) is 11.2 Å². The number of rotatable bonds is 0. The van der Waals surface area contributed by atoms with Gasteiger partial charge in [0, 0.05) is 0 Å². The molecule has 0 radical (unpaired) electrons. The topological polar surface area (TPSA) is 82.3 Å². The Balaban J connectivity index is 2.73. The number of hydrogen-bond acceptors (Lipinski definition) is 4. The summed E-state index contributed by atoms with van der Waals surface area (Å²) in [6.45, 7) is 0. The highest BCUT2D eigenvalue weighted by atomic mass is 32.2. The van der Waals surface area contributed by atoms with Gasteiger partial charge in [0.25, 0.3) is 10.0 Å². The van der Waals surface area contributed by atoms with E-state index in [1.54, 1.807) is 6.07 Å². The third-order valence-electron chi connectivity index (χ3n) is 1.80. The zero-order valence-corrected chi connectivity index (χ0v) is 7.75. The number of nitrogens with one attached hydrogen (secondary N) is 1. The van der Waals surface area contributed by atoms with Crippen molar-refractivity contribution in [3.05, 3.63) is 23.8 Å². The molecule has 0 unspecified atom stereocenters. The number of hydrogen-bond donors (Lipinski definition) is 1. The summed E-state index contributed by atoms with van der Waals surface area (Å²) in [6, 6.07) is 6.25. The van der Waals surface area contributed by atoms with Crippen LogP contribution >= 0.6 is 0 Å². The van der Waals surface area contributed by atoms with Crippen LogP contribution in [0.4, 0.5) is 5.69 Å². The van der Waals surface area contributed by atoms with Crippen molar-refractivity contribution in [3.63, 3.8) is 0 Å². The van der Waals surface area contributed by atoms with Gasteiger partial charge in [-0.15, -0.1) is 4.40 Å². The van der Waals surface area contributed by atoms with E-state index >= 15 is 0 Å². The Hall–Kier alpha value is -1.87. The molecule has 1 aliphatic heterocycles. The van der Waals surface area contributed by atoms with Crippen molar-refractivity contribution in [2.45, 2.75) is 4.90 Å². The van der Waals surface area contributed by atoms with Gasteiger partial charge in [-0.1, -0.05) is 0 Å². The molecular weight excluding hydrogens is 202 g/mol. The molecular formula is C8H5N3O2S. The fraction of sp³-hybridized carbons (Fsp3) is 0. The van der Waals surface area contributed by atoms with Crippen molar-refractivity contribution < 1.29 is 8.42 Å². The quantitative estimate of drug-likeness (QED) is 0.678. The van der Waals surface area contributed by atoms with Crippen LogP contribution in [-0.2, 0) is 10.0 Å². The summed E-state index contributed by atoms with van der Waals surface area (Å²) in [6.07, 6.45) is 1.11. The predicted octanol–water partition coefficient (Wildman–Crippen LogP) is 0.701. The van der Waals surface area contributed by atoms with E-state index in [-0.39, 0.29) is 4.90 Å². The first-order valence-electron chi connectivity index (χ1n) is 3.73. The predicted molar refractivity (Wildman–Crippen MR) is 50.5 cm³/mol. The number of anilines is 1. The largest absolute Gasteiger partial charge is 0.345 e. The molecule has 0 saturated heterocycles. The number of fused-ring (bicyclic) bond motifs is 1.